The Morgan fingerprint density at radius 2 is 0.739 bits per heavy atom. The monoisotopic (exact) mass is 700 g/mol. The molecular weight excluding hydrogens is 637 g/mol. The van der Waals surface area contributed by atoms with Gasteiger partial charge < -0.3 is 0 Å². The molecule has 0 radical (unpaired) electrons. The van der Waals surface area contributed by atoms with E-state index in [1.807, 2.05) is 46.2 Å². The lowest BCUT2D eigenvalue weighted by atomic mass is 10.0. The van der Waals surface area contributed by atoms with Crippen LogP contribution in [0.15, 0.2) is 32.9 Å². The molecule has 0 N–H and O–H groups in total. The summed E-state index contributed by atoms with van der Waals surface area (Å²) >= 11 is 7.60. The lowest BCUT2D eigenvalue weighted by Crippen LogP contribution is -2.03. The van der Waals surface area contributed by atoms with E-state index in [0.29, 0.717) is 0 Å². The molecule has 2 aromatic rings. The largest absolute Gasteiger partial charge is 0.259 e. The number of unbranched alkanes of at least 4 members (excludes halogenated alkanes) is 22. The van der Waals surface area contributed by atoms with Crippen LogP contribution in [0.25, 0.3) is 0 Å². The molecule has 2 atom stereocenters. The molecule has 0 fully saturated rings. The number of thiophene rings is 2. The Kier molecular flexibility index (Phi) is 19.7. The van der Waals surface area contributed by atoms with Crippen molar-refractivity contribution in [3.8, 4) is 0 Å². The fourth-order valence-corrected chi connectivity index (χ4v) is 11.5. The fraction of sp³-hybridized carbons (Fsp3) is 0.750. The van der Waals surface area contributed by atoms with Gasteiger partial charge in [0.15, 0.2) is 0 Å². The number of aryl methyl sites for hydroxylation is 2. The predicted octanol–water partition coefficient (Wildman–Crippen LogP) is 14.6. The van der Waals surface area contributed by atoms with E-state index in [9.17, 15) is 0 Å². The second kappa shape index (κ2) is 23.7. The number of nitrogens with zero attached hydrogens (tertiary/aromatic N) is 2. The molecule has 2 aliphatic heterocycles. The molecule has 6 heteroatoms. The zero-order valence-electron chi connectivity index (χ0n) is 29.4. The van der Waals surface area contributed by atoms with Crippen LogP contribution >= 0.6 is 46.2 Å². The van der Waals surface area contributed by atoms with Crippen molar-refractivity contribution in [1.82, 2.24) is 0 Å². The van der Waals surface area contributed by atoms with Crippen LogP contribution < -0.4 is 0 Å². The second-order valence-electron chi connectivity index (χ2n) is 13.7. The molecule has 0 bridgehead atoms. The van der Waals surface area contributed by atoms with Gasteiger partial charge in [0.25, 0.3) is 0 Å². The van der Waals surface area contributed by atoms with Crippen LogP contribution in [0.5, 0.6) is 0 Å². The third kappa shape index (κ3) is 13.7. The Morgan fingerprint density at radius 1 is 0.435 bits per heavy atom. The summed E-state index contributed by atoms with van der Waals surface area (Å²) in [6.45, 7) is 4.60. The summed E-state index contributed by atoms with van der Waals surface area (Å²) in [5.41, 5.74) is 3.03. The van der Waals surface area contributed by atoms with E-state index in [1.165, 1.54) is 198 Å². The Bertz CT molecular complexity index is 1040. The maximum Gasteiger partial charge on any atom is 0.135 e. The zero-order valence-corrected chi connectivity index (χ0v) is 32.6. The quantitative estimate of drug-likeness (QED) is 0.0826. The first-order valence-electron chi connectivity index (χ1n) is 19.4. The van der Waals surface area contributed by atoms with Crippen molar-refractivity contribution in [2.75, 3.05) is 0 Å². The van der Waals surface area contributed by atoms with E-state index in [4.69, 9.17) is 9.98 Å². The minimum atomic E-state index is 0.248. The van der Waals surface area contributed by atoms with E-state index < -0.39 is 0 Å². The summed E-state index contributed by atoms with van der Waals surface area (Å²) in [6, 6.07) is 4.70. The Hall–Kier alpha value is -0.560. The highest BCUT2D eigenvalue weighted by Crippen LogP contribution is 2.45. The van der Waals surface area contributed by atoms with Gasteiger partial charge in [-0.15, -0.1) is 22.7 Å². The van der Waals surface area contributed by atoms with Crippen LogP contribution in [0.3, 0.4) is 0 Å². The van der Waals surface area contributed by atoms with Gasteiger partial charge in [0.2, 0.25) is 0 Å². The van der Waals surface area contributed by atoms with Crippen LogP contribution in [0.1, 0.15) is 189 Å². The van der Waals surface area contributed by atoms with E-state index in [1.54, 1.807) is 0 Å². The van der Waals surface area contributed by atoms with E-state index in [2.05, 4.69) is 36.7 Å². The van der Waals surface area contributed by atoms with Crippen LogP contribution in [0.2, 0.25) is 0 Å². The number of aliphatic imine (C=N–C) groups is 2. The van der Waals surface area contributed by atoms with Crippen molar-refractivity contribution in [2.24, 2.45) is 9.98 Å². The molecule has 0 aromatic carbocycles. The number of hydrogen-bond acceptors (Lipinski definition) is 6. The van der Waals surface area contributed by atoms with Gasteiger partial charge in [-0.05, 0) is 59.7 Å². The van der Waals surface area contributed by atoms with Gasteiger partial charge in [0, 0.05) is 0 Å². The van der Waals surface area contributed by atoms with Gasteiger partial charge in [-0.1, -0.05) is 179 Å². The van der Waals surface area contributed by atoms with E-state index in [-0.39, 0.29) is 10.7 Å². The number of fused-ring (bicyclic) bond motifs is 1. The standard InChI is InChI=1S/C40H64N2S4/c1-3-5-7-9-11-13-15-17-19-21-23-25-27-33-29-31-43-35(33)37-41-39-40(45-37)42-38(46-39)36-34(30-32-44-36)28-26-24-22-20-18-16-14-12-10-8-6-4-2/h29-32,39-40H,3-28H2,1-2H3. The minimum Gasteiger partial charge on any atom is -0.259 e. The first kappa shape index (κ1) is 38.2. The first-order chi connectivity index (χ1) is 22.8. The van der Waals surface area contributed by atoms with Gasteiger partial charge in [-0.3, -0.25) is 9.98 Å². The molecule has 258 valence electrons. The van der Waals surface area contributed by atoms with Crippen molar-refractivity contribution >= 4 is 56.3 Å². The molecule has 2 unspecified atom stereocenters. The summed E-state index contributed by atoms with van der Waals surface area (Å²) in [4.78, 5) is 13.3. The molecule has 2 nitrogen and oxygen atoms in total. The van der Waals surface area contributed by atoms with Crippen molar-refractivity contribution in [2.45, 2.75) is 192 Å². The van der Waals surface area contributed by atoms with Crippen molar-refractivity contribution in [3.63, 3.8) is 0 Å². The summed E-state index contributed by atoms with van der Waals surface area (Å²) in [5, 5.41) is 7.54. The smallest absolute Gasteiger partial charge is 0.135 e. The lowest BCUT2D eigenvalue weighted by molar-refractivity contribution is 0.544. The van der Waals surface area contributed by atoms with Crippen LogP contribution in [0.4, 0.5) is 0 Å². The number of hydrogen-bond donors (Lipinski definition) is 0. The minimum absolute atomic E-state index is 0.248. The van der Waals surface area contributed by atoms with Gasteiger partial charge in [-0.25, -0.2) is 0 Å². The maximum atomic E-state index is 5.23. The molecular formula is C40H64N2S4. The summed E-state index contributed by atoms with van der Waals surface area (Å²) in [7, 11) is 0. The van der Waals surface area contributed by atoms with Crippen LogP contribution in [-0.4, -0.2) is 20.8 Å². The molecule has 46 heavy (non-hydrogen) atoms. The molecule has 2 aromatic heterocycles. The van der Waals surface area contributed by atoms with Crippen molar-refractivity contribution < 1.29 is 0 Å². The normalized spacial score (nSPS) is 17.5. The average molecular weight is 701 g/mol. The fourth-order valence-electron chi connectivity index (χ4n) is 6.79. The average Bonchev–Trinajstić information content (AvgIpc) is 3.86. The van der Waals surface area contributed by atoms with Gasteiger partial charge in [0.1, 0.15) is 20.8 Å². The first-order valence-corrected chi connectivity index (χ1v) is 22.9. The third-order valence-corrected chi connectivity index (χ3v) is 14.3. The highest BCUT2D eigenvalue weighted by atomic mass is 32.2. The van der Waals surface area contributed by atoms with Crippen LogP contribution in [-0.2, 0) is 12.8 Å². The summed E-state index contributed by atoms with van der Waals surface area (Å²) in [6.07, 6.45) is 36.2. The van der Waals surface area contributed by atoms with E-state index >= 15 is 0 Å². The molecule has 2 aliphatic rings. The Morgan fingerprint density at radius 3 is 1.07 bits per heavy atom. The molecule has 4 rings (SSSR count). The van der Waals surface area contributed by atoms with Crippen LogP contribution in [0, 0.1) is 0 Å². The number of rotatable bonds is 28. The molecule has 0 saturated heterocycles. The highest BCUT2D eigenvalue weighted by molar-refractivity contribution is 8.20. The second-order valence-corrected chi connectivity index (χ2v) is 17.8. The number of thioether (sulfide) groups is 2. The third-order valence-electron chi connectivity index (χ3n) is 9.68. The Labute approximate surface area is 299 Å². The molecule has 0 spiro atoms. The summed E-state index contributed by atoms with van der Waals surface area (Å²) < 4.78 is 0. The topological polar surface area (TPSA) is 24.7 Å². The van der Waals surface area contributed by atoms with Gasteiger partial charge in [0.05, 0.1) is 9.75 Å². The molecule has 4 heterocycles. The summed E-state index contributed by atoms with van der Waals surface area (Å²) in [5.74, 6) is 0. The highest BCUT2D eigenvalue weighted by Gasteiger charge is 2.39. The van der Waals surface area contributed by atoms with Gasteiger partial charge >= 0.3 is 0 Å². The maximum absolute atomic E-state index is 5.23. The Balaban J connectivity index is 1.08. The van der Waals surface area contributed by atoms with Gasteiger partial charge in [-0.2, -0.15) is 0 Å². The van der Waals surface area contributed by atoms with Crippen molar-refractivity contribution in [3.05, 3.63) is 43.8 Å². The molecule has 0 amide bonds. The lowest BCUT2D eigenvalue weighted by Gasteiger charge is -2.06. The molecule has 0 saturated carbocycles. The molecule has 0 aliphatic carbocycles. The SMILES string of the molecule is CCCCCCCCCCCCCCc1ccsc1C1=NC2SC(c3sccc3CCCCCCCCCCCCCC)=NC2S1. The zero-order chi connectivity index (χ0) is 32.1. The predicted molar refractivity (Wildman–Crippen MR) is 214 cm³/mol. The van der Waals surface area contributed by atoms with E-state index in [0.717, 1.165) is 0 Å². The van der Waals surface area contributed by atoms with Crippen molar-refractivity contribution in [1.29, 1.82) is 0 Å².